The zero-order valence-corrected chi connectivity index (χ0v) is 14.4. The molecule has 25 heavy (non-hydrogen) atoms. The van der Waals surface area contributed by atoms with Crippen molar-refractivity contribution in [2.75, 3.05) is 6.61 Å². The van der Waals surface area contributed by atoms with Gasteiger partial charge in [-0.1, -0.05) is 0 Å². The Morgan fingerprint density at radius 3 is 2.68 bits per heavy atom. The monoisotopic (exact) mass is 340 g/mol. The lowest BCUT2D eigenvalue weighted by atomic mass is 10.1. The fourth-order valence-corrected chi connectivity index (χ4v) is 2.86. The number of carbonyl (C=O) groups is 1. The molecule has 0 bridgehead atoms. The molecule has 0 radical (unpaired) electrons. The van der Waals surface area contributed by atoms with E-state index in [0.29, 0.717) is 13.0 Å². The minimum absolute atomic E-state index is 0.0191. The van der Waals surface area contributed by atoms with Crippen LogP contribution in [-0.2, 0) is 22.5 Å². The molecule has 1 aliphatic rings. The van der Waals surface area contributed by atoms with Crippen molar-refractivity contribution in [3.63, 3.8) is 0 Å². The smallest absolute Gasteiger partial charge is 0.220 e. The molecule has 3 heterocycles. The first-order chi connectivity index (χ1) is 12.3. The second kappa shape index (κ2) is 9.22. The molecule has 0 saturated carbocycles. The quantitative estimate of drug-likeness (QED) is 0.838. The zero-order chi connectivity index (χ0) is 17.3. The van der Waals surface area contributed by atoms with E-state index in [1.165, 1.54) is 5.56 Å². The normalized spacial score (nSPS) is 17.2. The first kappa shape index (κ1) is 17.5. The van der Waals surface area contributed by atoms with Gasteiger partial charge < -0.3 is 10.1 Å². The van der Waals surface area contributed by atoms with Crippen molar-refractivity contribution in [3.8, 4) is 0 Å². The van der Waals surface area contributed by atoms with E-state index in [4.69, 9.17) is 4.74 Å². The standard InChI is InChI=1S/C19H24N4O2/c24-18(6-3-4-15-7-9-20-10-8-15)21-12-16-13-22-19(23-14-16)17-5-1-2-11-25-17/h7-10,13-14,17H,1-6,11-12H2,(H,21,24)/t17-/m1/s1. The third kappa shape index (κ3) is 5.60. The summed E-state index contributed by atoms with van der Waals surface area (Å²) in [5.74, 6) is 0.792. The van der Waals surface area contributed by atoms with Crippen LogP contribution in [0.25, 0.3) is 0 Å². The summed E-state index contributed by atoms with van der Waals surface area (Å²) >= 11 is 0. The summed E-state index contributed by atoms with van der Waals surface area (Å²) in [6.45, 7) is 1.24. The van der Waals surface area contributed by atoms with E-state index in [-0.39, 0.29) is 12.0 Å². The van der Waals surface area contributed by atoms with Crippen molar-refractivity contribution in [1.29, 1.82) is 0 Å². The van der Waals surface area contributed by atoms with E-state index in [0.717, 1.165) is 50.1 Å². The molecule has 1 atom stereocenters. The van der Waals surface area contributed by atoms with Gasteiger partial charge in [-0.25, -0.2) is 9.97 Å². The molecule has 1 N–H and O–H groups in total. The van der Waals surface area contributed by atoms with E-state index >= 15 is 0 Å². The molecule has 1 aliphatic heterocycles. The predicted octanol–water partition coefficient (Wildman–Crippen LogP) is 2.75. The Morgan fingerprint density at radius 2 is 1.96 bits per heavy atom. The first-order valence-corrected chi connectivity index (χ1v) is 8.89. The Bertz CT molecular complexity index is 655. The van der Waals surface area contributed by atoms with Crippen LogP contribution >= 0.6 is 0 Å². The number of nitrogens with one attached hydrogen (secondary N) is 1. The maximum Gasteiger partial charge on any atom is 0.220 e. The maximum atomic E-state index is 11.9. The molecular weight excluding hydrogens is 316 g/mol. The average Bonchev–Trinajstić information content (AvgIpc) is 2.68. The van der Waals surface area contributed by atoms with Gasteiger partial charge in [0.1, 0.15) is 6.10 Å². The average molecular weight is 340 g/mol. The molecule has 6 heteroatoms. The number of amides is 1. The molecule has 0 aromatic carbocycles. The van der Waals surface area contributed by atoms with Gasteiger partial charge in [-0.3, -0.25) is 9.78 Å². The first-order valence-electron chi connectivity index (χ1n) is 8.89. The fourth-order valence-electron chi connectivity index (χ4n) is 2.86. The topological polar surface area (TPSA) is 77.0 Å². The van der Waals surface area contributed by atoms with Gasteiger partial charge in [0, 0.05) is 49.9 Å². The number of hydrogen-bond donors (Lipinski definition) is 1. The van der Waals surface area contributed by atoms with E-state index < -0.39 is 0 Å². The van der Waals surface area contributed by atoms with E-state index in [9.17, 15) is 4.79 Å². The number of nitrogens with zero attached hydrogens (tertiary/aromatic N) is 3. The minimum atomic E-state index is 0.0191. The predicted molar refractivity (Wildman–Crippen MR) is 93.6 cm³/mol. The largest absolute Gasteiger partial charge is 0.370 e. The van der Waals surface area contributed by atoms with Crippen LogP contribution in [0.2, 0.25) is 0 Å². The number of carbonyl (C=O) groups excluding carboxylic acids is 1. The lowest BCUT2D eigenvalue weighted by Gasteiger charge is -2.21. The van der Waals surface area contributed by atoms with Crippen LogP contribution in [0.3, 0.4) is 0 Å². The van der Waals surface area contributed by atoms with Gasteiger partial charge in [0.2, 0.25) is 5.91 Å². The van der Waals surface area contributed by atoms with Gasteiger partial charge >= 0.3 is 0 Å². The van der Waals surface area contributed by atoms with Crippen molar-refractivity contribution in [1.82, 2.24) is 20.3 Å². The Morgan fingerprint density at radius 1 is 1.16 bits per heavy atom. The number of aryl methyl sites for hydroxylation is 1. The van der Waals surface area contributed by atoms with Crippen LogP contribution in [0.5, 0.6) is 0 Å². The van der Waals surface area contributed by atoms with Crippen LogP contribution in [0.4, 0.5) is 0 Å². The van der Waals surface area contributed by atoms with Crippen LogP contribution in [-0.4, -0.2) is 27.5 Å². The SMILES string of the molecule is O=C(CCCc1ccncc1)NCc1cnc([C@H]2CCCCO2)nc1. The van der Waals surface area contributed by atoms with Gasteiger partial charge in [0.15, 0.2) is 5.82 Å². The van der Waals surface area contributed by atoms with Gasteiger partial charge in [-0.15, -0.1) is 0 Å². The van der Waals surface area contributed by atoms with Crippen molar-refractivity contribution < 1.29 is 9.53 Å². The molecule has 0 unspecified atom stereocenters. The highest BCUT2D eigenvalue weighted by atomic mass is 16.5. The molecule has 1 saturated heterocycles. The summed E-state index contributed by atoms with van der Waals surface area (Å²) in [5.41, 5.74) is 2.11. The summed E-state index contributed by atoms with van der Waals surface area (Å²) in [5, 5.41) is 2.92. The summed E-state index contributed by atoms with van der Waals surface area (Å²) < 4.78 is 5.68. The van der Waals surface area contributed by atoms with Crippen molar-refractivity contribution >= 4 is 5.91 Å². The third-order valence-corrected chi connectivity index (χ3v) is 4.30. The minimum Gasteiger partial charge on any atom is -0.370 e. The number of rotatable bonds is 7. The molecule has 0 spiro atoms. The second-order valence-corrected chi connectivity index (χ2v) is 6.29. The highest BCUT2D eigenvalue weighted by Crippen LogP contribution is 2.24. The summed E-state index contributed by atoms with van der Waals surface area (Å²) in [4.78, 5) is 24.7. The van der Waals surface area contributed by atoms with Crippen LogP contribution < -0.4 is 5.32 Å². The Labute approximate surface area is 148 Å². The van der Waals surface area contributed by atoms with E-state index in [2.05, 4.69) is 20.3 Å². The maximum absolute atomic E-state index is 11.9. The van der Waals surface area contributed by atoms with E-state index in [1.807, 2.05) is 12.1 Å². The molecule has 2 aromatic rings. The number of ether oxygens (including phenoxy) is 1. The molecule has 3 rings (SSSR count). The fraction of sp³-hybridized carbons (Fsp3) is 0.474. The highest BCUT2D eigenvalue weighted by Gasteiger charge is 2.18. The summed E-state index contributed by atoms with van der Waals surface area (Å²) in [6.07, 6.45) is 12.6. The van der Waals surface area contributed by atoms with Gasteiger partial charge in [-0.2, -0.15) is 0 Å². The lowest BCUT2D eigenvalue weighted by Crippen LogP contribution is -2.23. The van der Waals surface area contributed by atoms with Gasteiger partial charge in [0.05, 0.1) is 0 Å². The van der Waals surface area contributed by atoms with Crippen LogP contribution in [0, 0.1) is 0 Å². The van der Waals surface area contributed by atoms with Crippen LogP contribution in [0.15, 0.2) is 36.9 Å². The molecule has 132 valence electrons. The molecular formula is C19H24N4O2. The van der Waals surface area contributed by atoms with Gasteiger partial charge in [0.25, 0.3) is 0 Å². The van der Waals surface area contributed by atoms with E-state index in [1.54, 1.807) is 24.8 Å². The summed E-state index contributed by atoms with van der Waals surface area (Å²) in [7, 11) is 0. The van der Waals surface area contributed by atoms with Crippen LogP contribution in [0.1, 0.15) is 55.2 Å². The Hall–Kier alpha value is -2.34. The highest BCUT2D eigenvalue weighted by molar-refractivity contribution is 5.75. The second-order valence-electron chi connectivity index (χ2n) is 6.29. The van der Waals surface area contributed by atoms with Crippen molar-refractivity contribution in [2.45, 2.75) is 51.2 Å². The Balaban J connectivity index is 1.38. The molecule has 1 amide bonds. The molecule has 1 fully saturated rings. The zero-order valence-electron chi connectivity index (χ0n) is 14.4. The Kier molecular flexibility index (Phi) is 6.45. The van der Waals surface area contributed by atoms with Gasteiger partial charge in [-0.05, 0) is 49.8 Å². The molecule has 0 aliphatic carbocycles. The van der Waals surface area contributed by atoms with Crippen molar-refractivity contribution in [2.24, 2.45) is 0 Å². The lowest BCUT2D eigenvalue weighted by molar-refractivity contribution is -0.121. The molecule has 2 aromatic heterocycles. The van der Waals surface area contributed by atoms with Crippen molar-refractivity contribution in [3.05, 3.63) is 53.9 Å². The summed E-state index contributed by atoms with van der Waals surface area (Å²) in [6, 6.07) is 3.96. The molecule has 6 nitrogen and oxygen atoms in total. The third-order valence-electron chi connectivity index (χ3n) is 4.30. The number of hydrogen-bond acceptors (Lipinski definition) is 5. The number of pyridine rings is 1. The number of aromatic nitrogens is 3.